The van der Waals surface area contributed by atoms with E-state index in [0.717, 1.165) is 17.1 Å². The van der Waals surface area contributed by atoms with Gasteiger partial charge in [-0.2, -0.15) is 0 Å². The van der Waals surface area contributed by atoms with E-state index >= 15 is 0 Å². The SMILES string of the molecule is CC.CC.CC.CC.CC.CC.CC(C)c1ccccn1.CC(C)c1ccccn1.CC(C)c1cccnc1.CC(C)c1ccncc1.CC(C)c1ccncn1.CC(C)c1cncnc1. The molecule has 0 radical (unpaired) electrons. The van der Waals surface area contributed by atoms with Crippen LogP contribution in [0, 0.1) is 0 Å². The highest BCUT2D eigenvalue weighted by atomic mass is 14.8. The summed E-state index contributed by atoms with van der Waals surface area (Å²) in [7, 11) is 0. The standard InChI is InChI=1S/4C8H11N.2C7H10N2.6C2H6/c1-7(2)8-3-5-9-6-4-8;1-7(2)8-4-3-5-9-6-8;2*1-7(2)8-5-3-4-6-9-8;1-6(2)7-3-8-5-9-4-7;1-6(2)7-3-4-8-5-9-7;6*1-2/h4*3-7H,1-2H3;2*3-6H,1-2H3;6*1-2H3. The van der Waals surface area contributed by atoms with Crippen LogP contribution in [0.3, 0.4) is 0 Å². The molecule has 372 valence electrons. The zero-order valence-electron chi connectivity index (χ0n) is 46.7. The molecule has 0 aliphatic carbocycles. The lowest BCUT2D eigenvalue weighted by molar-refractivity contribution is 0.814. The van der Waals surface area contributed by atoms with Crippen LogP contribution in [0.2, 0.25) is 0 Å². The Kier molecular flexibility index (Phi) is 61.3. The number of pyridine rings is 4. The molecule has 6 aromatic rings. The number of aromatic nitrogens is 8. The van der Waals surface area contributed by atoms with Crippen LogP contribution in [0.4, 0.5) is 0 Å². The summed E-state index contributed by atoms with van der Waals surface area (Å²) in [6, 6.07) is 22.1. The summed E-state index contributed by atoms with van der Waals surface area (Å²) in [6.07, 6.45) is 19.6. The van der Waals surface area contributed by atoms with Gasteiger partial charge in [-0.05, 0) is 101 Å². The van der Waals surface area contributed by atoms with E-state index in [1.54, 1.807) is 25.0 Å². The summed E-state index contributed by atoms with van der Waals surface area (Å²) >= 11 is 0. The zero-order valence-corrected chi connectivity index (χ0v) is 46.7. The van der Waals surface area contributed by atoms with Gasteiger partial charge < -0.3 is 0 Å². The Morgan fingerprint density at radius 3 is 0.864 bits per heavy atom. The molecule has 0 aromatic carbocycles. The third-order valence-electron chi connectivity index (χ3n) is 7.73. The number of rotatable bonds is 6. The van der Waals surface area contributed by atoms with Gasteiger partial charge in [0.15, 0.2) is 0 Å². The maximum absolute atomic E-state index is 4.18. The predicted octanol–water partition coefficient (Wildman–Crippen LogP) is 18.2. The molecule has 0 atom stereocenters. The van der Waals surface area contributed by atoms with Crippen LogP contribution in [-0.2, 0) is 0 Å². The maximum atomic E-state index is 4.18. The fourth-order valence-electron chi connectivity index (χ4n) is 4.15. The lowest BCUT2D eigenvalue weighted by atomic mass is 10.1. The second kappa shape index (κ2) is 55.9. The normalized spacial score (nSPS) is 8.82. The van der Waals surface area contributed by atoms with E-state index in [9.17, 15) is 0 Å². The van der Waals surface area contributed by atoms with Gasteiger partial charge in [0.1, 0.15) is 12.7 Å². The van der Waals surface area contributed by atoms with Crippen LogP contribution in [0.15, 0.2) is 135 Å². The Labute approximate surface area is 408 Å². The molecule has 0 saturated heterocycles. The van der Waals surface area contributed by atoms with Gasteiger partial charge in [-0.3, -0.25) is 19.9 Å². The highest BCUT2D eigenvalue weighted by Crippen LogP contribution is 2.13. The molecule has 0 saturated carbocycles. The van der Waals surface area contributed by atoms with Crippen LogP contribution < -0.4 is 0 Å². The van der Waals surface area contributed by atoms with E-state index in [4.69, 9.17) is 0 Å². The molecule has 0 aliphatic heterocycles. The van der Waals surface area contributed by atoms with Crippen molar-refractivity contribution in [1.82, 2.24) is 39.9 Å². The Hall–Kier alpha value is -5.24. The zero-order chi connectivity index (χ0) is 52.1. The first-order valence-electron chi connectivity index (χ1n) is 25.0. The highest BCUT2D eigenvalue weighted by molar-refractivity contribution is 5.14. The third-order valence-corrected chi connectivity index (χ3v) is 7.73. The summed E-state index contributed by atoms with van der Waals surface area (Å²) < 4.78 is 0. The van der Waals surface area contributed by atoms with Gasteiger partial charge >= 0.3 is 0 Å². The van der Waals surface area contributed by atoms with Gasteiger partial charge in [0.25, 0.3) is 0 Å². The molecule has 0 amide bonds. The Morgan fingerprint density at radius 1 is 0.258 bits per heavy atom. The molecule has 6 aromatic heterocycles. The molecule has 6 heterocycles. The second-order valence-electron chi connectivity index (χ2n) is 14.3. The summed E-state index contributed by atoms with van der Waals surface area (Å²) in [6.45, 7) is 49.7. The minimum atomic E-state index is 0.507. The maximum Gasteiger partial charge on any atom is 0.115 e. The smallest absolute Gasteiger partial charge is 0.115 e. The van der Waals surface area contributed by atoms with Gasteiger partial charge in [0.2, 0.25) is 0 Å². The summed E-state index contributed by atoms with van der Waals surface area (Å²) in [5.41, 5.74) is 7.28. The average molecular weight is 909 g/mol. The van der Waals surface area contributed by atoms with Crippen molar-refractivity contribution in [3.05, 3.63) is 169 Å². The fourth-order valence-corrected chi connectivity index (χ4v) is 4.15. The van der Waals surface area contributed by atoms with E-state index in [0.29, 0.717) is 35.5 Å². The van der Waals surface area contributed by atoms with Crippen molar-refractivity contribution < 1.29 is 0 Å². The first-order valence-corrected chi connectivity index (χ1v) is 25.0. The monoisotopic (exact) mass is 909 g/mol. The Morgan fingerprint density at radius 2 is 0.636 bits per heavy atom. The molecule has 8 heteroatoms. The van der Waals surface area contributed by atoms with Gasteiger partial charge in [-0.25, -0.2) is 19.9 Å². The van der Waals surface area contributed by atoms with Crippen molar-refractivity contribution in [1.29, 1.82) is 0 Å². The van der Waals surface area contributed by atoms with E-state index in [1.165, 1.54) is 16.7 Å². The van der Waals surface area contributed by atoms with E-state index in [2.05, 4.69) is 129 Å². The minimum Gasteiger partial charge on any atom is -0.265 e. The molecule has 0 unspecified atom stereocenters. The van der Waals surface area contributed by atoms with Crippen molar-refractivity contribution in [3.8, 4) is 0 Å². The summed E-state index contributed by atoms with van der Waals surface area (Å²) in [4.78, 5) is 32.0. The first-order chi connectivity index (χ1) is 31.8. The lowest BCUT2D eigenvalue weighted by Gasteiger charge is -2.01. The largest absolute Gasteiger partial charge is 0.265 e. The van der Waals surface area contributed by atoms with Crippen molar-refractivity contribution in [2.24, 2.45) is 0 Å². The van der Waals surface area contributed by atoms with Crippen LogP contribution >= 0.6 is 0 Å². The number of nitrogens with zero attached hydrogens (tertiary/aromatic N) is 8. The van der Waals surface area contributed by atoms with Gasteiger partial charge in [0.05, 0.1) is 0 Å². The number of hydrogen-bond acceptors (Lipinski definition) is 8. The van der Waals surface area contributed by atoms with E-state index in [-0.39, 0.29) is 0 Å². The Bertz CT molecular complexity index is 1350. The van der Waals surface area contributed by atoms with Crippen molar-refractivity contribution in [2.45, 2.75) is 202 Å². The quantitative estimate of drug-likeness (QED) is 0.163. The molecule has 8 nitrogen and oxygen atoms in total. The number of hydrogen-bond donors (Lipinski definition) is 0. The average Bonchev–Trinajstić information content (AvgIpc) is 3.40. The van der Waals surface area contributed by atoms with Gasteiger partial charge in [-0.15, -0.1) is 0 Å². The first kappa shape index (κ1) is 72.4. The minimum absolute atomic E-state index is 0.507. The van der Waals surface area contributed by atoms with Crippen LogP contribution in [-0.4, -0.2) is 39.9 Å². The van der Waals surface area contributed by atoms with Crippen molar-refractivity contribution >= 4 is 0 Å². The molecule has 0 aliphatic rings. The van der Waals surface area contributed by atoms with Crippen LogP contribution in [0.5, 0.6) is 0 Å². The van der Waals surface area contributed by atoms with Crippen molar-refractivity contribution in [3.63, 3.8) is 0 Å². The molecule has 0 N–H and O–H groups in total. The molecule has 66 heavy (non-hydrogen) atoms. The second-order valence-corrected chi connectivity index (χ2v) is 14.3. The van der Waals surface area contributed by atoms with E-state index in [1.807, 2.05) is 187 Å². The summed E-state index contributed by atoms with van der Waals surface area (Å²) in [5, 5.41) is 0. The van der Waals surface area contributed by atoms with Gasteiger partial charge in [0, 0.05) is 72.9 Å². The molecule has 0 bridgehead atoms. The predicted molar refractivity (Wildman–Crippen MR) is 294 cm³/mol. The summed E-state index contributed by atoms with van der Waals surface area (Å²) in [5.74, 6) is 3.35. The van der Waals surface area contributed by atoms with Gasteiger partial charge in [-0.1, -0.05) is 184 Å². The lowest BCUT2D eigenvalue weighted by Crippen LogP contribution is -1.90. The highest BCUT2D eigenvalue weighted by Gasteiger charge is 1.98. The molecule has 0 spiro atoms. The van der Waals surface area contributed by atoms with E-state index < -0.39 is 0 Å². The molecular formula is C58H100N8. The molecule has 6 rings (SSSR count). The van der Waals surface area contributed by atoms with Crippen molar-refractivity contribution in [2.75, 3.05) is 0 Å². The fraction of sp³-hybridized carbons (Fsp3) is 0.517. The third kappa shape index (κ3) is 44.0. The van der Waals surface area contributed by atoms with Crippen LogP contribution in [0.25, 0.3) is 0 Å². The molecular weight excluding hydrogens is 809 g/mol. The molecule has 0 fully saturated rings. The Balaban J connectivity index is -0.000000156. The topological polar surface area (TPSA) is 103 Å². The van der Waals surface area contributed by atoms with Crippen LogP contribution in [0.1, 0.15) is 235 Å².